The Balaban J connectivity index is 2.34. The minimum absolute atomic E-state index is 0.205. The third-order valence-electron chi connectivity index (χ3n) is 3.55. The Morgan fingerprint density at radius 3 is 2.71 bits per heavy atom. The van der Waals surface area contributed by atoms with Crippen LogP contribution in [0.5, 0.6) is 0 Å². The van der Waals surface area contributed by atoms with Gasteiger partial charge in [-0.15, -0.1) is 0 Å². The van der Waals surface area contributed by atoms with Crippen LogP contribution in [0, 0.1) is 4.77 Å². The van der Waals surface area contributed by atoms with Crippen LogP contribution in [-0.4, -0.2) is 34.1 Å². The molecule has 1 aromatic heterocycles. The zero-order chi connectivity index (χ0) is 17.9. The summed E-state index contributed by atoms with van der Waals surface area (Å²) in [5.74, 6) is -0.937. The van der Waals surface area contributed by atoms with Crippen LogP contribution in [0.1, 0.15) is 31.1 Å². The normalized spacial score (nSPS) is 12.0. The molecule has 8 heteroatoms. The standard InChI is InChI=1S/C16H19N3O4S/c1-4-19-14(21)11-7-6-10(8-12(11)18-16(19)24)13(20)17-9(3)15(22)23-5-2/h6-9H,4-5H2,1-3H3,(H,17,20)(H,18,24)/t9-/m0/s1. The summed E-state index contributed by atoms with van der Waals surface area (Å²) in [4.78, 5) is 39.1. The fourth-order valence-corrected chi connectivity index (χ4v) is 2.61. The molecule has 1 heterocycles. The van der Waals surface area contributed by atoms with Crippen molar-refractivity contribution in [2.45, 2.75) is 33.4 Å². The molecule has 0 aliphatic heterocycles. The number of aromatic amines is 1. The van der Waals surface area contributed by atoms with Crippen molar-refractivity contribution in [3.05, 3.63) is 38.9 Å². The number of H-pyrrole nitrogens is 1. The maximum absolute atomic E-state index is 12.3. The van der Waals surface area contributed by atoms with Gasteiger partial charge in [-0.1, -0.05) is 0 Å². The molecule has 0 fully saturated rings. The SMILES string of the molecule is CCOC(=O)[C@H](C)NC(=O)c1ccc2c(=O)n(CC)c(=S)[nH]c2c1. The minimum atomic E-state index is -0.764. The zero-order valence-electron chi connectivity index (χ0n) is 13.7. The molecule has 1 atom stereocenters. The van der Waals surface area contributed by atoms with Crippen molar-refractivity contribution >= 4 is 35.0 Å². The highest BCUT2D eigenvalue weighted by Gasteiger charge is 2.18. The highest BCUT2D eigenvalue weighted by atomic mass is 32.1. The number of amides is 1. The average Bonchev–Trinajstić information content (AvgIpc) is 2.54. The number of hydrogen-bond acceptors (Lipinski definition) is 5. The van der Waals surface area contributed by atoms with Crippen LogP contribution in [0.4, 0.5) is 0 Å². The lowest BCUT2D eigenvalue weighted by atomic mass is 10.1. The number of aromatic nitrogens is 2. The molecule has 0 spiro atoms. The van der Waals surface area contributed by atoms with E-state index in [9.17, 15) is 14.4 Å². The number of hydrogen-bond donors (Lipinski definition) is 2. The van der Waals surface area contributed by atoms with Gasteiger partial charge in [0.1, 0.15) is 6.04 Å². The van der Waals surface area contributed by atoms with E-state index < -0.39 is 17.9 Å². The van der Waals surface area contributed by atoms with Gasteiger partial charge in [0, 0.05) is 12.1 Å². The van der Waals surface area contributed by atoms with Crippen LogP contribution in [0.2, 0.25) is 0 Å². The largest absolute Gasteiger partial charge is 0.464 e. The Labute approximate surface area is 143 Å². The van der Waals surface area contributed by atoms with Crippen LogP contribution < -0.4 is 10.9 Å². The molecule has 0 radical (unpaired) electrons. The molecule has 0 saturated heterocycles. The molecule has 2 N–H and O–H groups in total. The Morgan fingerprint density at radius 1 is 1.38 bits per heavy atom. The molecule has 2 aromatic rings. The lowest BCUT2D eigenvalue weighted by Crippen LogP contribution is -2.39. The van der Waals surface area contributed by atoms with Crippen molar-refractivity contribution < 1.29 is 14.3 Å². The van der Waals surface area contributed by atoms with Gasteiger partial charge >= 0.3 is 5.97 Å². The monoisotopic (exact) mass is 349 g/mol. The highest BCUT2D eigenvalue weighted by molar-refractivity contribution is 7.71. The van der Waals surface area contributed by atoms with Gasteiger partial charge in [0.25, 0.3) is 11.5 Å². The Bertz CT molecular complexity index is 900. The third-order valence-corrected chi connectivity index (χ3v) is 3.87. The molecule has 0 aliphatic rings. The van der Waals surface area contributed by atoms with E-state index in [1.807, 2.05) is 6.92 Å². The van der Waals surface area contributed by atoms with Crippen molar-refractivity contribution in [3.8, 4) is 0 Å². The van der Waals surface area contributed by atoms with E-state index in [0.29, 0.717) is 27.8 Å². The third kappa shape index (κ3) is 3.53. The summed E-state index contributed by atoms with van der Waals surface area (Å²) in [6, 6.07) is 3.88. The number of ether oxygens (including phenoxy) is 1. The predicted octanol–water partition coefficient (Wildman–Crippen LogP) is 1.76. The van der Waals surface area contributed by atoms with Gasteiger partial charge in [0.2, 0.25) is 0 Å². The van der Waals surface area contributed by atoms with Gasteiger partial charge in [-0.2, -0.15) is 0 Å². The molecule has 0 bridgehead atoms. The maximum Gasteiger partial charge on any atom is 0.328 e. The van der Waals surface area contributed by atoms with Gasteiger partial charge in [-0.05, 0) is 51.2 Å². The lowest BCUT2D eigenvalue weighted by molar-refractivity contribution is -0.144. The lowest BCUT2D eigenvalue weighted by Gasteiger charge is -2.13. The number of benzene rings is 1. The van der Waals surface area contributed by atoms with Crippen LogP contribution >= 0.6 is 12.2 Å². The molecule has 128 valence electrons. The highest BCUT2D eigenvalue weighted by Crippen LogP contribution is 2.11. The average molecular weight is 349 g/mol. The number of rotatable bonds is 5. The molecule has 0 aliphatic carbocycles. The molecule has 2 rings (SSSR count). The van der Waals surface area contributed by atoms with Gasteiger partial charge in [-0.3, -0.25) is 14.2 Å². The first-order chi connectivity index (χ1) is 11.4. The molecule has 1 aromatic carbocycles. The molecule has 24 heavy (non-hydrogen) atoms. The summed E-state index contributed by atoms with van der Waals surface area (Å²) in [6.45, 7) is 5.78. The number of nitrogens with one attached hydrogen (secondary N) is 2. The van der Waals surface area contributed by atoms with E-state index in [2.05, 4.69) is 10.3 Å². The predicted molar refractivity (Wildman–Crippen MR) is 92.6 cm³/mol. The van der Waals surface area contributed by atoms with Crippen LogP contribution in [0.25, 0.3) is 10.9 Å². The molecule has 7 nitrogen and oxygen atoms in total. The van der Waals surface area contributed by atoms with Crippen molar-refractivity contribution in [1.82, 2.24) is 14.9 Å². The van der Waals surface area contributed by atoms with Crippen LogP contribution in [0.15, 0.2) is 23.0 Å². The quantitative estimate of drug-likeness (QED) is 0.634. The van der Waals surface area contributed by atoms with Crippen molar-refractivity contribution in [3.63, 3.8) is 0 Å². The summed E-state index contributed by atoms with van der Waals surface area (Å²) in [6.07, 6.45) is 0. The number of nitrogens with zero attached hydrogens (tertiary/aromatic N) is 1. The van der Waals surface area contributed by atoms with Gasteiger partial charge in [0.05, 0.1) is 17.5 Å². The Kier molecular flexibility index (Phi) is 5.50. The van der Waals surface area contributed by atoms with E-state index >= 15 is 0 Å². The molecular weight excluding hydrogens is 330 g/mol. The topological polar surface area (TPSA) is 93.2 Å². The van der Waals surface area contributed by atoms with Crippen LogP contribution in [-0.2, 0) is 16.1 Å². The fraction of sp³-hybridized carbons (Fsp3) is 0.375. The van der Waals surface area contributed by atoms with Gasteiger partial charge in [0.15, 0.2) is 4.77 Å². The summed E-state index contributed by atoms with van der Waals surface area (Å²) in [5.41, 5.74) is 0.590. The number of carbonyl (C=O) groups is 2. The summed E-state index contributed by atoms with van der Waals surface area (Å²) in [5, 5.41) is 3.01. The Hall–Kier alpha value is -2.48. The Morgan fingerprint density at radius 2 is 2.08 bits per heavy atom. The van der Waals surface area contributed by atoms with E-state index in [-0.39, 0.29) is 12.2 Å². The van der Waals surface area contributed by atoms with E-state index in [4.69, 9.17) is 17.0 Å². The summed E-state index contributed by atoms with van der Waals surface area (Å²) < 4.78 is 6.59. The van der Waals surface area contributed by atoms with E-state index in [0.717, 1.165) is 0 Å². The molecule has 0 unspecified atom stereocenters. The number of carbonyl (C=O) groups excluding carboxylic acids is 2. The molecular formula is C16H19N3O4S. The van der Waals surface area contributed by atoms with E-state index in [1.54, 1.807) is 26.0 Å². The first-order valence-electron chi connectivity index (χ1n) is 7.63. The first kappa shape index (κ1) is 17.9. The first-order valence-corrected chi connectivity index (χ1v) is 8.04. The number of esters is 1. The smallest absolute Gasteiger partial charge is 0.328 e. The van der Waals surface area contributed by atoms with Gasteiger partial charge < -0.3 is 15.0 Å². The maximum atomic E-state index is 12.3. The van der Waals surface area contributed by atoms with E-state index in [1.165, 1.54) is 10.6 Å². The zero-order valence-corrected chi connectivity index (χ0v) is 14.5. The van der Waals surface area contributed by atoms with Crippen molar-refractivity contribution in [2.75, 3.05) is 6.61 Å². The molecule has 0 saturated carbocycles. The fourth-order valence-electron chi connectivity index (χ4n) is 2.29. The second-order valence-electron chi connectivity index (χ2n) is 5.19. The second kappa shape index (κ2) is 7.39. The van der Waals surface area contributed by atoms with Crippen molar-refractivity contribution in [1.29, 1.82) is 0 Å². The summed E-state index contributed by atoms with van der Waals surface area (Å²) >= 11 is 5.15. The molecule has 1 amide bonds. The minimum Gasteiger partial charge on any atom is -0.464 e. The van der Waals surface area contributed by atoms with Crippen molar-refractivity contribution in [2.24, 2.45) is 0 Å². The summed E-state index contributed by atoms with van der Waals surface area (Å²) in [7, 11) is 0. The number of fused-ring (bicyclic) bond motifs is 1. The second-order valence-corrected chi connectivity index (χ2v) is 5.57. The van der Waals surface area contributed by atoms with Gasteiger partial charge in [-0.25, -0.2) is 4.79 Å². The van der Waals surface area contributed by atoms with Crippen LogP contribution in [0.3, 0.4) is 0 Å².